The molecule has 0 aliphatic carbocycles. The van der Waals surface area contributed by atoms with Gasteiger partial charge in [-0.2, -0.15) is 0 Å². The van der Waals surface area contributed by atoms with Crippen LogP contribution in [0, 0.1) is 5.92 Å². The average molecular weight is 263 g/mol. The summed E-state index contributed by atoms with van der Waals surface area (Å²) in [6, 6.07) is 0. The molecule has 104 valence electrons. The maximum absolute atomic E-state index is 11.4. The van der Waals surface area contributed by atoms with Crippen molar-refractivity contribution in [2.45, 2.75) is 39.5 Å². The van der Waals surface area contributed by atoms with Crippen molar-refractivity contribution in [2.75, 3.05) is 18.0 Å². The fourth-order valence-corrected chi connectivity index (χ4v) is 2.44. The van der Waals surface area contributed by atoms with E-state index in [0.717, 1.165) is 25.9 Å². The molecule has 1 unspecified atom stereocenters. The summed E-state index contributed by atoms with van der Waals surface area (Å²) in [4.78, 5) is 22.0. The number of aromatic carboxylic acids is 1. The third-order valence-corrected chi connectivity index (χ3v) is 3.71. The van der Waals surface area contributed by atoms with Crippen molar-refractivity contribution in [3.05, 3.63) is 17.7 Å². The Hall–Kier alpha value is -1.65. The van der Waals surface area contributed by atoms with Gasteiger partial charge < -0.3 is 10.0 Å². The lowest BCUT2D eigenvalue weighted by atomic mass is 10.1. The van der Waals surface area contributed by atoms with E-state index < -0.39 is 5.97 Å². The summed E-state index contributed by atoms with van der Waals surface area (Å²) in [6.07, 6.45) is 3.91. The van der Waals surface area contributed by atoms with Gasteiger partial charge in [0.05, 0.1) is 11.9 Å². The first-order chi connectivity index (χ1) is 9.02. The Morgan fingerprint density at radius 1 is 1.58 bits per heavy atom. The van der Waals surface area contributed by atoms with Crippen molar-refractivity contribution < 1.29 is 9.90 Å². The van der Waals surface area contributed by atoms with Gasteiger partial charge in [0, 0.05) is 19.0 Å². The normalized spacial score (nSPS) is 19.2. The van der Waals surface area contributed by atoms with Crippen LogP contribution in [0.5, 0.6) is 0 Å². The van der Waals surface area contributed by atoms with Gasteiger partial charge in [-0.3, -0.25) is 0 Å². The molecular weight excluding hydrogens is 242 g/mol. The van der Waals surface area contributed by atoms with Crippen LogP contribution in [0.25, 0.3) is 0 Å². The van der Waals surface area contributed by atoms with Crippen molar-refractivity contribution in [1.82, 2.24) is 9.97 Å². The highest BCUT2D eigenvalue weighted by molar-refractivity contribution is 5.92. The van der Waals surface area contributed by atoms with Crippen LogP contribution in [0.2, 0.25) is 0 Å². The molecule has 5 heteroatoms. The van der Waals surface area contributed by atoms with E-state index in [9.17, 15) is 9.90 Å². The summed E-state index contributed by atoms with van der Waals surface area (Å²) in [6.45, 7) is 7.89. The summed E-state index contributed by atoms with van der Waals surface area (Å²) in [5.74, 6) is 0.396. The second kappa shape index (κ2) is 5.55. The zero-order valence-corrected chi connectivity index (χ0v) is 11.8. The molecule has 1 aromatic rings. The molecule has 1 N–H and O–H groups in total. The minimum Gasteiger partial charge on any atom is -0.476 e. The number of anilines is 1. The van der Waals surface area contributed by atoms with Gasteiger partial charge in [-0.05, 0) is 12.3 Å². The smallest absolute Gasteiger partial charge is 0.356 e. The van der Waals surface area contributed by atoms with E-state index in [4.69, 9.17) is 0 Å². The molecule has 19 heavy (non-hydrogen) atoms. The summed E-state index contributed by atoms with van der Waals surface area (Å²) in [5.41, 5.74) is 0.795. The SMILES string of the molecule is CCC1CCN(c2cnc(C(C)C)nc2C(=O)O)C1. The van der Waals surface area contributed by atoms with E-state index in [2.05, 4.69) is 21.8 Å². The highest BCUT2D eigenvalue weighted by atomic mass is 16.4. The van der Waals surface area contributed by atoms with E-state index in [0.29, 0.717) is 17.4 Å². The highest BCUT2D eigenvalue weighted by Crippen LogP contribution is 2.28. The van der Waals surface area contributed by atoms with Gasteiger partial charge in [-0.1, -0.05) is 27.2 Å². The third kappa shape index (κ3) is 2.85. The summed E-state index contributed by atoms with van der Waals surface area (Å²) in [7, 11) is 0. The maximum Gasteiger partial charge on any atom is 0.356 e. The molecule has 5 nitrogen and oxygen atoms in total. The van der Waals surface area contributed by atoms with Crippen molar-refractivity contribution in [2.24, 2.45) is 5.92 Å². The first-order valence-corrected chi connectivity index (χ1v) is 6.88. The molecule has 1 aliphatic heterocycles. The Bertz CT molecular complexity index is 474. The van der Waals surface area contributed by atoms with Gasteiger partial charge >= 0.3 is 5.97 Å². The standard InChI is InChI=1S/C14H21N3O2/c1-4-10-5-6-17(8-10)11-7-15-13(9(2)3)16-12(11)14(18)19/h7,9-10H,4-6,8H2,1-3H3,(H,18,19). The minimum atomic E-state index is -0.973. The van der Waals surface area contributed by atoms with E-state index >= 15 is 0 Å². The Labute approximate surface area is 113 Å². The average Bonchev–Trinajstić information content (AvgIpc) is 2.86. The largest absolute Gasteiger partial charge is 0.476 e. The fraction of sp³-hybridized carbons (Fsp3) is 0.643. The van der Waals surface area contributed by atoms with Gasteiger partial charge in [0.2, 0.25) is 0 Å². The number of carboxylic acid groups (broad SMARTS) is 1. The highest BCUT2D eigenvalue weighted by Gasteiger charge is 2.26. The molecule has 1 aromatic heterocycles. The Morgan fingerprint density at radius 2 is 2.32 bits per heavy atom. The number of carboxylic acids is 1. The number of rotatable bonds is 4. The monoisotopic (exact) mass is 263 g/mol. The predicted octanol–water partition coefficient (Wildman–Crippen LogP) is 2.53. The molecule has 0 amide bonds. The van der Waals surface area contributed by atoms with Gasteiger partial charge in [0.1, 0.15) is 5.82 Å². The molecule has 0 bridgehead atoms. The number of hydrogen-bond donors (Lipinski definition) is 1. The second-order valence-electron chi connectivity index (χ2n) is 5.43. The van der Waals surface area contributed by atoms with Crippen LogP contribution in [0.4, 0.5) is 5.69 Å². The van der Waals surface area contributed by atoms with Crippen molar-refractivity contribution in [3.63, 3.8) is 0 Å². The molecule has 1 aliphatic rings. The van der Waals surface area contributed by atoms with Gasteiger partial charge in [0.15, 0.2) is 5.69 Å². The fourth-order valence-electron chi connectivity index (χ4n) is 2.44. The van der Waals surface area contributed by atoms with Gasteiger partial charge in [0.25, 0.3) is 0 Å². The lowest BCUT2D eigenvalue weighted by Crippen LogP contribution is -2.24. The number of hydrogen-bond acceptors (Lipinski definition) is 4. The Balaban J connectivity index is 2.32. The maximum atomic E-state index is 11.4. The molecule has 2 heterocycles. The zero-order valence-electron chi connectivity index (χ0n) is 11.8. The van der Waals surface area contributed by atoms with E-state index in [1.807, 2.05) is 13.8 Å². The topological polar surface area (TPSA) is 66.3 Å². The van der Waals surface area contributed by atoms with Crippen molar-refractivity contribution >= 4 is 11.7 Å². The molecule has 0 radical (unpaired) electrons. The number of carbonyl (C=O) groups is 1. The van der Waals surface area contributed by atoms with Crippen LogP contribution in [0.1, 0.15) is 55.8 Å². The Morgan fingerprint density at radius 3 is 2.84 bits per heavy atom. The molecule has 0 spiro atoms. The number of nitrogens with zero attached hydrogens (tertiary/aromatic N) is 3. The van der Waals surface area contributed by atoms with Crippen LogP contribution < -0.4 is 4.90 Å². The van der Waals surface area contributed by atoms with Crippen LogP contribution in [-0.2, 0) is 0 Å². The summed E-state index contributed by atoms with van der Waals surface area (Å²) in [5, 5.41) is 9.34. The van der Waals surface area contributed by atoms with Crippen LogP contribution in [-0.4, -0.2) is 34.1 Å². The van der Waals surface area contributed by atoms with E-state index in [1.165, 1.54) is 0 Å². The third-order valence-electron chi connectivity index (χ3n) is 3.71. The molecule has 1 atom stereocenters. The molecule has 0 saturated carbocycles. The quantitative estimate of drug-likeness (QED) is 0.904. The van der Waals surface area contributed by atoms with E-state index in [-0.39, 0.29) is 11.6 Å². The number of aromatic nitrogens is 2. The Kier molecular flexibility index (Phi) is 4.02. The van der Waals surface area contributed by atoms with Gasteiger partial charge in [-0.15, -0.1) is 0 Å². The summed E-state index contributed by atoms with van der Waals surface area (Å²) < 4.78 is 0. The van der Waals surface area contributed by atoms with Crippen LogP contribution in [0.3, 0.4) is 0 Å². The summed E-state index contributed by atoms with van der Waals surface area (Å²) >= 11 is 0. The lowest BCUT2D eigenvalue weighted by molar-refractivity contribution is 0.0690. The zero-order chi connectivity index (χ0) is 14.0. The lowest BCUT2D eigenvalue weighted by Gasteiger charge is -2.20. The van der Waals surface area contributed by atoms with Gasteiger partial charge in [-0.25, -0.2) is 14.8 Å². The predicted molar refractivity (Wildman–Crippen MR) is 73.7 cm³/mol. The molecule has 2 rings (SSSR count). The molecule has 1 saturated heterocycles. The molecular formula is C14H21N3O2. The van der Waals surface area contributed by atoms with Crippen molar-refractivity contribution in [1.29, 1.82) is 0 Å². The first-order valence-electron chi connectivity index (χ1n) is 6.88. The van der Waals surface area contributed by atoms with Crippen LogP contribution >= 0.6 is 0 Å². The second-order valence-corrected chi connectivity index (χ2v) is 5.43. The molecule has 1 fully saturated rings. The minimum absolute atomic E-state index is 0.133. The van der Waals surface area contributed by atoms with Crippen molar-refractivity contribution in [3.8, 4) is 0 Å². The van der Waals surface area contributed by atoms with E-state index in [1.54, 1.807) is 6.20 Å². The molecule has 0 aromatic carbocycles. The van der Waals surface area contributed by atoms with Crippen LogP contribution in [0.15, 0.2) is 6.20 Å². The first kappa shape index (κ1) is 13.8.